The van der Waals surface area contributed by atoms with Crippen LogP contribution in [0.3, 0.4) is 0 Å². The van der Waals surface area contributed by atoms with Gasteiger partial charge in [0, 0.05) is 21.9 Å². The fourth-order valence-corrected chi connectivity index (χ4v) is 11.2. The molecule has 0 spiro atoms. The van der Waals surface area contributed by atoms with Crippen LogP contribution in [0.15, 0.2) is 141 Å². The van der Waals surface area contributed by atoms with Crippen molar-refractivity contribution in [3.63, 3.8) is 0 Å². The van der Waals surface area contributed by atoms with E-state index >= 15 is 8.78 Å². The summed E-state index contributed by atoms with van der Waals surface area (Å²) in [4.78, 5) is 0.627. The predicted molar refractivity (Wildman–Crippen MR) is 226 cm³/mol. The van der Waals surface area contributed by atoms with E-state index in [9.17, 15) is 16.8 Å². The second-order valence-corrected chi connectivity index (χ2v) is 20.5. The first kappa shape index (κ1) is 40.8. The van der Waals surface area contributed by atoms with Gasteiger partial charge in [0.25, 0.3) is 0 Å². The minimum absolute atomic E-state index is 0.0474. The van der Waals surface area contributed by atoms with Crippen molar-refractivity contribution in [2.45, 2.75) is 44.8 Å². The van der Waals surface area contributed by atoms with Crippen molar-refractivity contribution in [3.8, 4) is 0 Å². The Morgan fingerprint density at radius 2 is 0.923 bits per heavy atom. The highest BCUT2D eigenvalue weighted by molar-refractivity contribution is 14.1. The number of hydrogen-bond donors (Lipinski definition) is 0. The van der Waals surface area contributed by atoms with E-state index in [1.165, 1.54) is 36.4 Å². The van der Waals surface area contributed by atoms with Crippen LogP contribution in [0.25, 0.3) is 11.1 Å². The number of sulfone groups is 2. The molecule has 52 heavy (non-hydrogen) atoms. The summed E-state index contributed by atoms with van der Waals surface area (Å²) in [6.45, 7) is 6.84. The van der Waals surface area contributed by atoms with Gasteiger partial charge in [-0.25, -0.2) is 25.6 Å². The van der Waals surface area contributed by atoms with Crippen LogP contribution in [-0.2, 0) is 19.7 Å². The Morgan fingerprint density at radius 3 is 1.25 bits per heavy atom. The molecular weight excluding hydrogens is 971 g/mol. The van der Waals surface area contributed by atoms with Crippen molar-refractivity contribution in [2.75, 3.05) is 0 Å². The molecule has 0 saturated heterocycles. The van der Waals surface area contributed by atoms with E-state index in [1.807, 2.05) is 12.1 Å². The van der Waals surface area contributed by atoms with Crippen molar-refractivity contribution in [1.29, 1.82) is 0 Å². The van der Waals surface area contributed by atoms with Crippen LogP contribution in [0.4, 0.5) is 8.78 Å². The lowest BCUT2D eigenvalue weighted by Gasteiger charge is -2.33. The van der Waals surface area contributed by atoms with Gasteiger partial charge in [-0.05, 0) is 153 Å². The summed E-state index contributed by atoms with van der Waals surface area (Å²) in [6, 6.07) is 27.5. The summed E-state index contributed by atoms with van der Waals surface area (Å²) in [5.41, 5.74) is 3.39. The number of alkyl halides is 4. The Labute approximate surface area is 341 Å². The fraction of sp³-hybridized carbons (Fsp3) is 0.200. The van der Waals surface area contributed by atoms with Gasteiger partial charge in [-0.1, -0.05) is 97.7 Å². The lowest BCUT2D eigenvalue weighted by atomic mass is 9.86. The van der Waals surface area contributed by atoms with E-state index < -0.39 is 38.9 Å². The van der Waals surface area contributed by atoms with Crippen LogP contribution < -0.4 is 0 Å². The smallest absolute Gasteiger partial charge is 0.207 e. The first-order chi connectivity index (χ1) is 24.3. The summed E-state index contributed by atoms with van der Waals surface area (Å²) in [5, 5.41) is 1.04. The van der Waals surface area contributed by atoms with Gasteiger partial charge in [0.2, 0.25) is 19.7 Å². The van der Waals surface area contributed by atoms with Gasteiger partial charge in [-0.3, -0.25) is 0 Å². The number of benzene rings is 4. The maximum absolute atomic E-state index is 15.3. The first-order valence-electron chi connectivity index (χ1n) is 16.0. The Morgan fingerprint density at radius 1 is 0.577 bits per heavy atom. The van der Waals surface area contributed by atoms with Gasteiger partial charge < -0.3 is 0 Å². The molecule has 0 aliphatic heterocycles. The van der Waals surface area contributed by atoms with Crippen LogP contribution in [0, 0.1) is 25.7 Å². The second kappa shape index (κ2) is 15.8. The Kier molecular flexibility index (Phi) is 12.4. The van der Waals surface area contributed by atoms with Gasteiger partial charge >= 0.3 is 0 Å². The van der Waals surface area contributed by atoms with E-state index in [4.69, 9.17) is 23.2 Å². The van der Waals surface area contributed by atoms with Crippen LogP contribution in [0.2, 0.25) is 10.0 Å². The zero-order valence-electron chi connectivity index (χ0n) is 28.4. The second-order valence-electron chi connectivity index (χ2n) is 12.6. The molecule has 2 aliphatic carbocycles. The van der Waals surface area contributed by atoms with Crippen LogP contribution >= 0.6 is 68.4 Å². The SMILES string of the molecule is CC1C(c2ccccc2)=C(S(=O)(=O)C2=C(c3ccccc3)C(C)C(F)(I)C=C2)C=CC1(F)I.Cc1cc(Cl)ccc1S(=O)(=O)c1ccc(Cl)cc1C. The zero-order chi connectivity index (χ0) is 38.2. The van der Waals surface area contributed by atoms with Gasteiger partial charge in [0.15, 0.2) is 7.35 Å². The van der Waals surface area contributed by atoms with Crippen molar-refractivity contribution < 1.29 is 25.6 Å². The number of allylic oxidation sites excluding steroid dienone is 6. The van der Waals surface area contributed by atoms with E-state index in [1.54, 1.807) is 146 Å². The van der Waals surface area contributed by atoms with E-state index in [0.717, 1.165) is 0 Å². The standard InChI is InChI=1S/C26H22F2I2O2S.C14H12Cl2O2S/c1-17-23(19-9-5-3-6-10-19)21(13-15-25(17,27)29)33(31,32)22-14-16-26(28,30)18(2)24(22)20-11-7-4-8-12-20;1-9-7-11(15)3-5-13(9)19(17,18)14-6-4-12(16)8-10(14)2/h3-18H,1-2H3;3-8H,1-2H3. The third-order valence-corrected chi connectivity index (χ3v) is 16.1. The molecule has 4 aromatic rings. The summed E-state index contributed by atoms with van der Waals surface area (Å²) in [5.74, 6) is -1.41. The quantitative estimate of drug-likeness (QED) is 0.143. The van der Waals surface area contributed by atoms with E-state index in [-0.39, 0.29) is 19.6 Å². The van der Waals surface area contributed by atoms with Crippen LogP contribution in [0.1, 0.15) is 36.1 Å². The van der Waals surface area contributed by atoms with E-state index in [2.05, 4.69) is 0 Å². The molecule has 6 rings (SSSR count). The molecule has 0 radical (unpaired) electrons. The van der Waals surface area contributed by atoms with Crippen LogP contribution in [0.5, 0.6) is 0 Å². The third kappa shape index (κ3) is 8.31. The van der Waals surface area contributed by atoms with Gasteiger partial charge in [-0.15, -0.1) is 0 Å². The number of aryl methyl sites for hydroxylation is 2. The third-order valence-electron chi connectivity index (χ3n) is 9.07. The molecule has 0 N–H and O–H groups in total. The van der Waals surface area contributed by atoms with E-state index in [0.29, 0.717) is 43.4 Å². The van der Waals surface area contributed by atoms with Gasteiger partial charge in [-0.2, -0.15) is 0 Å². The molecular formula is C40H34Cl2F2I2O4S2. The van der Waals surface area contributed by atoms with Crippen LogP contribution in [-0.4, -0.2) is 24.2 Å². The van der Waals surface area contributed by atoms with Crippen molar-refractivity contribution >= 4 is 99.2 Å². The number of hydrogen-bond acceptors (Lipinski definition) is 4. The lowest BCUT2D eigenvalue weighted by molar-refractivity contribution is 0.319. The summed E-state index contributed by atoms with van der Waals surface area (Å²) < 4.78 is 80.7. The summed E-state index contributed by atoms with van der Waals surface area (Å²) in [7, 11) is -7.65. The topological polar surface area (TPSA) is 68.3 Å². The molecule has 4 nitrogen and oxygen atoms in total. The molecule has 4 atom stereocenters. The Hall–Kier alpha value is -2.36. The lowest BCUT2D eigenvalue weighted by Crippen LogP contribution is -2.30. The molecule has 12 heteroatoms. The number of rotatable bonds is 6. The fourth-order valence-electron chi connectivity index (χ4n) is 6.21. The zero-order valence-corrected chi connectivity index (χ0v) is 35.9. The number of halogens is 6. The molecule has 0 amide bonds. The predicted octanol–water partition coefficient (Wildman–Crippen LogP) is 12.3. The molecule has 4 unspecified atom stereocenters. The Bertz CT molecular complexity index is 2200. The molecule has 0 aromatic heterocycles. The minimum Gasteiger partial charge on any atom is -0.227 e. The van der Waals surface area contributed by atoms with Gasteiger partial charge in [0.1, 0.15) is 0 Å². The molecule has 272 valence electrons. The van der Waals surface area contributed by atoms with Gasteiger partial charge in [0.05, 0.1) is 19.6 Å². The van der Waals surface area contributed by atoms with Crippen molar-refractivity contribution in [2.24, 2.45) is 11.8 Å². The average Bonchev–Trinajstić information content (AvgIpc) is 3.07. The highest BCUT2D eigenvalue weighted by atomic mass is 127. The molecule has 0 fully saturated rings. The maximum atomic E-state index is 15.3. The molecule has 0 bridgehead atoms. The highest BCUT2D eigenvalue weighted by Crippen LogP contribution is 2.51. The summed E-state index contributed by atoms with van der Waals surface area (Å²) >= 11 is 15.1. The highest BCUT2D eigenvalue weighted by Gasteiger charge is 2.44. The first-order valence-corrected chi connectivity index (χ1v) is 21.9. The molecule has 4 aromatic carbocycles. The minimum atomic E-state index is -4.10. The largest absolute Gasteiger partial charge is 0.227 e. The average molecular weight is 1010 g/mol. The Balaban J connectivity index is 0.000000233. The molecule has 0 saturated carbocycles. The summed E-state index contributed by atoms with van der Waals surface area (Å²) in [6.07, 6.45) is 5.32. The monoisotopic (exact) mass is 1000 g/mol. The maximum Gasteiger partial charge on any atom is 0.207 e. The van der Waals surface area contributed by atoms with Crippen molar-refractivity contribution in [3.05, 3.63) is 163 Å². The molecule has 2 aliphatic rings. The molecule has 0 heterocycles. The normalized spacial score (nSPS) is 23.3. The van der Waals surface area contributed by atoms with Crippen molar-refractivity contribution in [1.82, 2.24) is 0 Å².